The molecule has 1 atom stereocenters. The molecule has 0 aliphatic heterocycles. The number of carbonyl (C=O) groups is 1. The fourth-order valence-corrected chi connectivity index (χ4v) is 3.36. The first kappa shape index (κ1) is 16.0. The van der Waals surface area contributed by atoms with Gasteiger partial charge in [-0.3, -0.25) is 0 Å². The van der Waals surface area contributed by atoms with Gasteiger partial charge in [0.2, 0.25) is 0 Å². The Morgan fingerprint density at radius 2 is 2.35 bits per heavy atom. The molecule has 1 aliphatic rings. The first-order valence-corrected chi connectivity index (χ1v) is 9.13. The number of hydrogen-bond donors (Lipinski definition) is 1. The lowest BCUT2D eigenvalue weighted by molar-refractivity contribution is 0.186. The number of carbonyl (C=O) groups excluding carboxylic acids is 1. The Bertz CT molecular complexity index is 635. The Balaban J connectivity index is 1.70. The highest BCUT2D eigenvalue weighted by molar-refractivity contribution is 7.07. The number of nitrogens with zero attached hydrogens (tertiary/aromatic N) is 4. The molecule has 23 heavy (non-hydrogen) atoms. The molecule has 2 aromatic heterocycles. The summed E-state index contributed by atoms with van der Waals surface area (Å²) in [6.45, 7) is 5.51. The van der Waals surface area contributed by atoms with Crippen LogP contribution in [0, 0.1) is 0 Å². The Kier molecular flexibility index (Phi) is 4.95. The maximum absolute atomic E-state index is 12.8. The number of rotatable bonds is 7. The van der Waals surface area contributed by atoms with Gasteiger partial charge in [0.25, 0.3) is 0 Å². The summed E-state index contributed by atoms with van der Waals surface area (Å²) in [6, 6.07) is 2.35. The van der Waals surface area contributed by atoms with Gasteiger partial charge in [0.05, 0.1) is 6.04 Å². The molecule has 0 saturated heterocycles. The lowest BCUT2D eigenvalue weighted by Gasteiger charge is -2.25. The van der Waals surface area contributed by atoms with E-state index in [1.165, 1.54) is 5.56 Å². The molecule has 6 nitrogen and oxygen atoms in total. The smallest absolute Gasteiger partial charge is 0.318 e. The lowest BCUT2D eigenvalue weighted by atomic mass is 10.2. The summed E-state index contributed by atoms with van der Waals surface area (Å²) in [5, 5.41) is 11.5. The molecule has 1 unspecified atom stereocenters. The van der Waals surface area contributed by atoms with E-state index >= 15 is 0 Å². The van der Waals surface area contributed by atoms with E-state index in [2.05, 4.69) is 39.1 Å². The van der Waals surface area contributed by atoms with E-state index in [1.807, 2.05) is 16.5 Å². The Morgan fingerprint density at radius 1 is 1.52 bits per heavy atom. The van der Waals surface area contributed by atoms with Gasteiger partial charge < -0.3 is 10.2 Å². The predicted octanol–water partition coefficient (Wildman–Crippen LogP) is 3.18. The molecule has 1 N–H and O–H groups in total. The van der Waals surface area contributed by atoms with Gasteiger partial charge in [0, 0.05) is 19.1 Å². The van der Waals surface area contributed by atoms with Crippen molar-refractivity contribution in [2.45, 2.75) is 58.3 Å². The van der Waals surface area contributed by atoms with Gasteiger partial charge in [-0.15, -0.1) is 0 Å². The van der Waals surface area contributed by atoms with Gasteiger partial charge in [-0.25, -0.2) is 14.5 Å². The van der Waals surface area contributed by atoms with Crippen molar-refractivity contribution in [2.75, 3.05) is 0 Å². The molecule has 124 valence electrons. The van der Waals surface area contributed by atoms with E-state index in [0.717, 1.165) is 31.6 Å². The molecule has 7 heteroatoms. The van der Waals surface area contributed by atoms with Crippen LogP contribution in [0.1, 0.15) is 50.5 Å². The van der Waals surface area contributed by atoms with Gasteiger partial charge in [-0.05, 0) is 48.6 Å². The number of thiophene rings is 1. The first-order valence-electron chi connectivity index (χ1n) is 8.18. The molecule has 2 aromatic rings. The summed E-state index contributed by atoms with van der Waals surface area (Å²) in [6.07, 6.45) is 4.54. The third-order valence-corrected chi connectivity index (χ3v) is 4.88. The van der Waals surface area contributed by atoms with Crippen LogP contribution in [0.25, 0.3) is 0 Å². The van der Waals surface area contributed by atoms with E-state index in [4.69, 9.17) is 0 Å². The van der Waals surface area contributed by atoms with Crippen LogP contribution in [-0.2, 0) is 13.1 Å². The molecule has 1 fully saturated rings. The zero-order valence-electron chi connectivity index (χ0n) is 13.6. The van der Waals surface area contributed by atoms with Crippen LogP contribution >= 0.6 is 11.3 Å². The van der Waals surface area contributed by atoms with Crippen LogP contribution < -0.4 is 5.32 Å². The molecule has 0 spiro atoms. The van der Waals surface area contributed by atoms with Crippen molar-refractivity contribution in [3.63, 3.8) is 0 Å². The van der Waals surface area contributed by atoms with Crippen LogP contribution in [0.3, 0.4) is 0 Å². The zero-order chi connectivity index (χ0) is 16.2. The monoisotopic (exact) mass is 333 g/mol. The van der Waals surface area contributed by atoms with Crippen LogP contribution in [0.4, 0.5) is 4.79 Å². The minimum Gasteiger partial charge on any atom is -0.328 e. The van der Waals surface area contributed by atoms with Crippen LogP contribution in [-0.4, -0.2) is 31.7 Å². The van der Waals surface area contributed by atoms with E-state index in [0.29, 0.717) is 12.6 Å². The summed E-state index contributed by atoms with van der Waals surface area (Å²) in [5.41, 5.74) is 1.20. The molecule has 0 bridgehead atoms. The number of aryl methyl sites for hydroxylation is 1. The summed E-state index contributed by atoms with van der Waals surface area (Å²) in [7, 11) is 0. The fourth-order valence-electron chi connectivity index (χ4n) is 2.70. The van der Waals surface area contributed by atoms with Crippen molar-refractivity contribution in [1.82, 2.24) is 25.0 Å². The van der Waals surface area contributed by atoms with E-state index in [1.54, 1.807) is 17.7 Å². The van der Waals surface area contributed by atoms with Crippen molar-refractivity contribution in [3.8, 4) is 0 Å². The SMILES string of the molecule is CCC(NC(=O)N(Cc1ccsc1)C1CC1)c1ncnn1CC. The Hall–Kier alpha value is -1.89. The third kappa shape index (κ3) is 3.72. The van der Waals surface area contributed by atoms with Crippen molar-refractivity contribution in [3.05, 3.63) is 34.5 Å². The van der Waals surface area contributed by atoms with Crippen molar-refractivity contribution >= 4 is 17.4 Å². The standard InChI is InChI=1S/C16H23N5OS/c1-3-14(15-17-11-18-21(15)4-2)19-16(22)20(13-5-6-13)9-12-7-8-23-10-12/h7-8,10-11,13-14H,3-6,9H2,1-2H3,(H,19,22). The van der Waals surface area contributed by atoms with E-state index in [9.17, 15) is 4.79 Å². The summed E-state index contributed by atoms with van der Waals surface area (Å²) in [5.74, 6) is 0.828. The molecule has 1 saturated carbocycles. The van der Waals surface area contributed by atoms with Gasteiger partial charge in [-0.2, -0.15) is 16.4 Å². The second kappa shape index (κ2) is 7.12. The number of nitrogens with one attached hydrogen (secondary N) is 1. The second-order valence-corrected chi connectivity index (χ2v) is 6.62. The van der Waals surface area contributed by atoms with Crippen LogP contribution in [0.2, 0.25) is 0 Å². The van der Waals surface area contributed by atoms with Crippen molar-refractivity contribution < 1.29 is 4.79 Å². The largest absolute Gasteiger partial charge is 0.328 e. The maximum Gasteiger partial charge on any atom is 0.318 e. The first-order chi connectivity index (χ1) is 11.2. The van der Waals surface area contributed by atoms with E-state index < -0.39 is 0 Å². The summed E-state index contributed by atoms with van der Waals surface area (Å²) < 4.78 is 1.84. The van der Waals surface area contributed by atoms with Crippen LogP contribution in [0.15, 0.2) is 23.2 Å². The molecular formula is C16H23N5OS. The van der Waals surface area contributed by atoms with E-state index in [-0.39, 0.29) is 12.1 Å². The molecule has 2 heterocycles. The molecule has 3 rings (SSSR count). The third-order valence-electron chi connectivity index (χ3n) is 4.14. The number of hydrogen-bond acceptors (Lipinski definition) is 4. The quantitative estimate of drug-likeness (QED) is 0.846. The van der Waals surface area contributed by atoms with Crippen molar-refractivity contribution in [2.24, 2.45) is 0 Å². The lowest BCUT2D eigenvalue weighted by Crippen LogP contribution is -2.43. The predicted molar refractivity (Wildman–Crippen MR) is 90.1 cm³/mol. The number of amides is 2. The maximum atomic E-state index is 12.8. The molecule has 0 radical (unpaired) electrons. The van der Waals surface area contributed by atoms with Gasteiger partial charge in [0.15, 0.2) is 0 Å². The number of aromatic nitrogens is 3. The summed E-state index contributed by atoms with van der Waals surface area (Å²) >= 11 is 1.67. The zero-order valence-corrected chi connectivity index (χ0v) is 14.4. The minimum absolute atomic E-state index is 0.00352. The fraction of sp³-hybridized carbons (Fsp3) is 0.562. The molecule has 1 aliphatic carbocycles. The van der Waals surface area contributed by atoms with Crippen LogP contribution in [0.5, 0.6) is 0 Å². The Labute approximate surface area is 140 Å². The highest BCUT2D eigenvalue weighted by atomic mass is 32.1. The highest BCUT2D eigenvalue weighted by Gasteiger charge is 2.33. The topological polar surface area (TPSA) is 63.1 Å². The van der Waals surface area contributed by atoms with Gasteiger partial charge >= 0.3 is 6.03 Å². The molecule has 0 aromatic carbocycles. The second-order valence-electron chi connectivity index (χ2n) is 5.83. The Morgan fingerprint density at radius 3 is 2.96 bits per heavy atom. The highest BCUT2D eigenvalue weighted by Crippen LogP contribution is 2.29. The number of urea groups is 1. The summed E-state index contributed by atoms with van der Waals surface area (Å²) in [4.78, 5) is 19.1. The van der Waals surface area contributed by atoms with Crippen molar-refractivity contribution in [1.29, 1.82) is 0 Å². The van der Waals surface area contributed by atoms with Gasteiger partial charge in [-0.1, -0.05) is 6.92 Å². The normalized spacial score (nSPS) is 15.4. The molecule has 2 amide bonds. The average molecular weight is 333 g/mol. The average Bonchev–Trinajstić information content (AvgIpc) is 3.08. The van der Waals surface area contributed by atoms with Gasteiger partial charge in [0.1, 0.15) is 12.2 Å². The minimum atomic E-state index is -0.103. The molecular weight excluding hydrogens is 310 g/mol.